The Morgan fingerprint density at radius 1 is 0.929 bits per heavy atom. The highest BCUT2D eigenvalue weighted by Gasteiger charge is 2.34. The minimum Gasteiger partial charge on any atom is -0.493 e. The number of halogens is 2. The summed E-state index contributed by atoms with van der Waals surface area (Å²) in [5.41, 5.74) is 0.134. The Labute approximate surface area is 257 Å². The van der Waals surface area contributed by atoms with E-state index in [0.717, 1.165) is 4.31 Å². The number of sulfonamides is 1. The molecule has 3 aromatic carbocycles. The summed E-state index contributed by atoms with van der Waals surface area (Å²) in [6, 6.07) is 16.2. The van der Waals surface area contributed by atoms with Crippen molar-refractivity contribution in [2.45, 2.75) is 50.7 Å². The topological polar surface area (TPSA) is 105 Å². The molecule has 0 aliphatic carbocycles. The SMILES string of the molecule is COc1ccc(N(CC(=O)N(Cc2ccc(Cl)cc2Cl)[C@@H](C)C(=O)NC(C)(C)C)S(=O)(=O)c2ccccc2)cc1OC. The molecule has 1 N–H and O–H groups in total. The molecule has 0 aliphatic heterocycles. The smallest absolute Gasteiger partial charge is 0.264 e. The van der Waals surface area contributed by atoms with Crippen LogP contribution in [0.5, 0.6) is 11.5 Å². The lowest BCUT2D eigenvalue weighted by Crippen LogP contribution is -2.54. The van der Waals surface area contributed by atoms with Crippen LogP contribution < -0.4 is 19.1 Å². The Balaban J connectivity index is 2.11. The van der Waals surface area contributed by atoms with Crippen LogP contribution in [0.4, 0.5) is 5.69 Å². The molecule has 9 nitrogen and oxygen atoms in total. The molecule has 12 heteroatoms. The quantitative estimate of drug-likeness (QED) is 0.297. The number of carbonyl (C=O) groups excluding carboxylic acids is 2. The molecule has 226 valence electrons. The Morgan fingerprint density at radius 3 is 2.14 bits per heavy atom. The molecule has 42 heavy (non-hydrogen) atoms. The van der Waals surface area contributed by atoms with E-state index in [9.17, 15) is 18.0 Å². The molecular weight excluding hydrogens is 601 g/mol. The average molecular weight is 637 g/mol. The first-order valence-corrected chi connectivity index (χ1v) is 15.2. The summed E-state index contributed by atoms with van der Waals surface area (Å²) >= 11 is 12.5. The predicted octanol–water partition coefficient (Wildman–Crippen LogP) is 5.54. The van der Waals surface area contributed by atoms with Crippen LogP contribution in [0.25, 0.3) is 0 Å². The first kappa shape index (κ1) is 33.0. The number of ether oxygens (including phenoxy) is 2. The number of anilines is 1. The minimum atomic E-state index is -4.24. The van der Waals surface area contributed by atoms with Crippen LogP contribution in [0.3, 0.4) is 0 Å². The van der Waals surface area contributed by atoms with E-state index < -0.39 is 40.0 Å². The molecular formula is C30H35Cl2N3O6S. The summed E-state index contributed by atoms with van der Waals surface area (Å²) in [5, 5.41) is 3.60. The zero-order valence-electron chi connectivity index (χ0n) is 24.4. The molecule has 0 spiro atoms. The molecule has 0 bridgehead atoms. The predicted molar refractivity (Wildman–Crippen MR) is 165 cm³/mol. The van der Waals surface area contributed by atoms with Gasteiger partial charge in [-0.15, -0.1) is 0 Å². The third kappa shape index (κ3) is 8.08. The van der Waals surface area contributed by atoms with Crippen molar-refractivity contribution < 1.29 is 27.5 Å². The van der Waals surface area contributed by atoms with Gasteiger partial charge in [0.05, 0.1) is 24.8 Å². The number of nitrogens with zero attached hydrogens (tertiary/aromatic N) is 2. The maximum absolute atomic E-state index is 14.1. The van der Waals surface area contributed by atoms with Gasteiger partial charge in [0, 0.05) is 28.2 Å². The Morgan fingerprint density at radius 2 is 1.57 bits per heavy atom. The molecule has 1 atom stereocenters. The number of carbonyl (C=O) groups is 2. The normalized spacial score (nSPS) is 12.3. The number of amides is 2. The lowest BCUT2D eigenvalue weighted by molar-refractivity contribution is -0.140. The number of rotatable bonds is 11. The van der Waals surface area contributed by atoms with E-state index >= 15 is 0 Å². The fourth-order valence-electron chi connectivity index (χ4n) is 4.12. The lowest BCUT2D eigenvalue weighted by Gasteiger charge is -2.33. The second-order valence-corrected chi connectivity index (χ2v) is 13.2. The summed E-state index contributed by atoms with van der Waals surface area (Å²) in [5.74, 6) is -0.383. The monoisotopic (exact) mass is 635 g/mol. The maximum Gasteiger partial charge on any atom is 0.264 e. The Kier molecular flexibility index (Phi) is 10.8. The molecule has 0 aromatic heterocycles. The van der Waals surface area contributed by atoms with Crippen molar-refractivity contribution in [1.29, 1.82) is 0 Å². The number of hydrogen-bond acceptors (Lipinski definition) is 6. The van der Waals surface area contributed by atoms with Crippen LogP contribution in [-0.4, -0.2) is 57.5 Å². The van der Waals surface area contributed by atoms with Crippen LogP contribution >= 0.6 is 23.2 Å². The first-order chi connectivity index (χ1) is 19.7. The number of methoxy groups -OCH3 is 2. The molecule has 3 aromatic rings. The van der Waals surface area contributed by atoms with Gasteiger partial charge in [0.25, 0.3) is 10.0 Å². The molecule has 0 fully saturated rings. The van der Waals surface area contributed by atoms with Gasteiger partial charge < -0.3 is 19.7 Å². The van der Waals surface area contributed by atoms with Crippen molar-refractivity contribution in [3.8, 4) is 11.5 Å². The Bertz CT molecular complexity index is 1530. The van der Waals surface area contributed by atoms with Crippen LogP contribution in [0, 0.1) is 0 Å². The fourth-order valence-corrected chi connectivity index (χ4v) is 6.01. The van der Waals surface area contributed by atoms with Gasteiger partial charge in [0.2, 0.25) is 11.8 Å². The van der Waals surface area contributed by atoms with E-state index in [1.54, 1.807) is 43.3 Å². The zero-order chi connectivity index (χ0) is 31.2. The van der Waals surface area contributed by atoms with E-state index in [0.29, 0.717) is 21.4 Å². The van der Waals surface area contributed by atoms with Gasteiger partial charge >= 0.3 is 0 Å². The van der Waals surface area contributed by atoms with E-state index in [1.807, 2.05) is 20.8 Å². The highest BCUT2D eigenvalue weighted by Crippen LogP contribution is 2.34. The average Bonchev–Trinajstić information content (AvgIpc) is 2.94. The third-order valence-electron chi connectivity index (χ3n) is 6.29. The van der Waals surface area contributed by atoms with E-state index in [4.69, 9.17) is 32.7 Å². The van der Waals surface area contributed by atoms with Crippen molar-refractivity contribution in [2.24, 2.45) is 0 Å². The van der Waals surface area contributed by atoms with Crippen LogP contribution in [-0.2, 0) is 26.2 Å². The second-order valence-electron chi connectivity index (χ2n) is 10.5. The van der Waals surface area contributed by atoms with Gasteiger partial charge in [-0.05, 0) is 69.7 Å². The van der Waals surface area contributed by atoms with Gasteiger partial charge in [0.1, 0.15) is 12.6 Å². The summed E-state index contributed by atoms with van der Waals surface area (Å²) < 4.78 is 39.6. The zero-order valence-corrected chi connectivity index (χ0v) is 26.7. The van der Waals surface area contributed by atoms with Crippen molar-refractivity contribution in [3.63, 3.8) is 0 Å². The largest absolute Gasteiger partial charge is 0.493 e. The first-order valence-electron chi connectivity index (χ1n) is 13.0. The third-order valence-corrected chi connectivity index (χ3v) is 8.66. The van der Waals surface area contributed by atoms with E-state index in [1.165, 1.54) is 49.5 Å². The molecule has 2 amide bonds. The van der Waals surface area contributed by atoms with Crippen LogP contribution in [0.15, 0.2) is 71.6 Å². The summed E-state index contributed by atoms with van der Waals surface area (Å²) in [7, 11) is -1.36. The molecule has 0 unspecified atom stereocenters. The number of hydrogen-bond donors (Lipinski definition) is 1. The van der Waals surface area contributed by atoms with Gasteiger partial charge in [-0.1, -0.05) is 47.5 Å². The number of nitrogens with one attached hydrogen (secondary N) is 1. The minimum absolute atomic E-state index is 0.0154. The summed E-state index contributed by atoms with van der Waals surface area (Å²) in [6.07, 6.45) is 0. The molecule has 0 saturated heterocycles. The summed E-state index contributed by atoms with van der Waals surface area (Å²) in [4.78, 5) is 28.6. The van der Waals surface area contributed by atoms with Gasteiger partial charge in [-0.25, -0.2) is 8.42 Å². The number of benzene rings is 3. The van der Waals surface area contributed by atoms with Crippen LogP contribution in [0.2, 0.25) is 10.0 Å². The molecule has 0 aliphatic rings. The second kappa shape index (κ2) is 13.7. The van der Waals surface area contributed by atoms with Crippen molar-refractivity contribution in [1.82, 2.24) is 10.2 Å². The maximum atomic E-state index is 14.1. The van der Waals surface area contributed by atoms with Gasteiger partial charge in [-0.3, -0.25) is 13.9 Å². The van der Waals surface area contributed by atoms with Crippen LogP contribution in [0.1, 0.15) is 33.3 Å². The van der Waals surface area contributed by atoms with E-state index in [2.05, 4.69) is 5.32 Å². The molecule has 0 heterocycles. The molecule has 0 radical (unpaired) electrons. The van der Waals surface area contributed by atoms with Crippen molar-refractivity contribution in [3.05, 3.63) is 82.3 Å². The molecule has 0 saturated carbocycles. The Hall–Kier alpha value is -3.47. The van der Waals surface area contributed by atoms with Crippen molar-refractivity contribution in [2.75, 3.05) is 25.1 Å². The molecule has 3 rings (SSSR count). The van der Waals surface area contributed by atoms with Gasteiger partial charge in [-0.2, -0.15) is 0 Å². The van der Waals surface area contributed by atoms with E-state index in [-0.39, 0.29) is 22.9 Å². The standard InChI is InChI=1S/C30H35Cl2N3O6S/c1-20(29(37)33-30(2,3)4)34(18-21-12-13-22(31)16-25(21)32)28(36)19-35(42(38,39)24-10-8-7-9-11-24)23-14-15-26(40-5)27(17-23)41-6/h7-17,20H,18-19H2,1-6H3,(H,33,37)/t20-/m0/s1. The highest BCUT2D eigenvalue weighted by atomic mass is 35.5. The lowest BCUT2D eigenvalue weighted by atomic mass is 10.1. The van der Waals surface area contributed by atoms with Gasteiger partial charge in [0.15, 0.2) is 11.5 Å². The fraction of sp³-hybridized carbons (Fsp3) is 0.333. The summed E-state index contributed by atoms with van der Waals surface area (Å²) in [6.45, 7) is 6.36. The van der Waals surface area contributed by atoms with Crippen molar-refractivity contribution >= 4 is 50.7 Å². The highest BCUT2D eigenvalue weighted by molar-refractivity contribution is 7.92.